The van der Waals surface area contributed by atoms with Gasteiger partial charge in [-0.1, -0.05) is 13.8 Å². The van der Waals surface area contributed by atoms with Crippen LogP contribution in [0.4, 0.5) is 0 Å². The molecule has 4 nitrogen and oxygen atoms in total. The summed E-state index contributed by atoms with van der Waals surface area (Å²) in [6, 6.07) is 0. The van der Waals surface area contributed by atoms with Crippen LogP contribution in [0.2, 0.25) is 0 Å². The molecule has 2 fully saturated rings. The van der Waals surface area contributed by atoms with Gasteiger partial charge in [0.25, 0.3) is 0 Å². The molecule has 0 aliphatic heterocycles. The second kappa shape index (κ2) is 6.22. The Balaban J connectivity index is 1.70. The van der Waals surface area contributed by atoms with E-state index < -0.39 is 11.9 Å². The van der Waals surface area contributed by atoms with Crippen molar-refractivity contribution in [1.29, 1.82) is 0 Å². The zero-order valence-corrected chi connectivity index (χ0v) is 11.6. The summed E-state index contributed by atoms with van der Waals surface area (Å²) in [7, 11) is 0. The standard InChI is InChI=1S/C15H22O4/c1-10(2)9-18-14(16)5-6-15(17)19-13-8-11-3-4-12(13)7-11/h5-6,10-13H,3-4,7-9H2,1-2H3/b6-5+. The lowest BCUT2D eigenvalue weighted by molar-refractivity contribution is -0.146. The first-order valence-electron chi connectivity index (χ1n) is 7.10. The molecule has 2 aliphatic carbocycles. The molecule has 0 N–H and O–H groups in total. The van der Waals surface area contributed by atoms with E-state index in [1.807, 2.05) is 13.8 Å². The fourth-order valence-electron chi connectivity index (χ4n) is 2.95. The van der Waals surface area contributed by atoms with E-state index in [1.165, 1.54) is 25.3 Å². The van der Waals surface area contributed by atoms with Gasteiger partial charge in [0.1, 0.15) is 6.10 Å². The van der Waals surface area contributed by atoms with Gasteiger partial charge in [-0.25, -0.2) is 9.59 Å². The molecular formula is C15H22O4. The first kappa shape index (κ1) is 14.1. The molecule has 0 aromatic heterocycles. The quantitative estimate of drug-likeness (QED) is 0.566. The van der Waals surface area contributed by atoms with Crippen molar-refractivity contribution < 1.29 is 19.1 Å². The molecule has 0 aromatic carbocycles. The van der Waals surface area contributed by atoms with E-state index in [0.29, 0.717) is 18.4 Å². The van der Waals surface area contributed by atoms with Gasteiger partial charge in [0, 0.05) is 12.2 Å². The largest absolute Gasteiger partial charge is 0.462 e. The first-order chi connectivity index (χ1) is 9.04. The van der Waals surface area contributed by atoms with Crippen molar-refractivity contribution in [3.63, 3.8) is 0 Å². The Labute approximate surface area is 114 Å². The Morgan fingerprint density at radius 1 is 1.16 bits per heavy atom. The van der Waals surface area contributed by atoms with Crippen LogP contribution in [0.5, 0.6) is 0 Å². The van der Waals surface area contributed by atoms with E-state index in [1.54, 1.807) is 0 Å². The van der Waals surface area contributed by atoms with E-state index in [0.717, 1.165) is 18.4 Å². The summed E-state index contributed by atoms with van der Waals surface area (Å²) < 4.78 is 10.3. The Kier molecular flexibility index (Phi) is 4.61. The number of ether oxygens (including phenoxy) is 2. The molecule has 0 aromatic rings. The SMILES string of the molecule is CC(C)COC(=O)/C=C/C(=O)OC1CC2CCC1C2. The van der Waals surface area contributed by atoms with Crippen molar-refractivity contribution in [2.75, 3.05) is 6.61 Å². The Morgan fingerprint density at radius 3 is 2.47 bits per heavy atom. The third-order valence-corrected chi connectivity index (χ3v) is 3.86. The normalized spacial score (nSPS) is 29.1. The predicted molar refractivity (Wildman–Crippen MR) is 70.3 cm³/mol. The molecule has 2 bridgehead atoms. The highest BCUT2D eigenvalue weighted by Gasteiger charge is 2.41. The number of hydrogen-bond acceptors (Lipinski definition) is 4. The van der Waals surface area contributed by atoms with Gasteiger partial charge >= 0.3 is 11.9 Å². The van der Waals surface area contributed by atoms with Crippen LogP contribution in [-0.2, 0) is 19.1 Å². The number of esters is 2. The molecule has 0 saturated heterocycles. The van der Waals surface area contributed by atoms with Gasteiger partial charge in [-0.3, -0.25) is 0 Å². The second-order valence-corrected chi connectivity index (χ2v) is 6.01. The third kappa shape index (κ3) is 4.08. The molecule has 2 saturated carbocycles. The Morgan fingerprint density at radius 2 is 1.89 bits per heavy atom. The number of carbonyl (C=O) groups is 2. The molecule has 0 spiro atoms. The predicted octanol–water partition coefficient (Wildman–Crippen LogP) is 2.47. The molecule has 0 heterocycles. The minimum absolute atomic E-state index is 0.0579. The fourth-order valence-corrected chi connectivity index (χ4v) is 2.95. The highest BCUT2D eigenvalue weighted by atomic mass is 16.5. The smallest absolute Gasteiger partial charge is 0.331 e. The monoisotopic (exact) mass is 266 g/mol. The number of fused-ring (bicyclic) bond motifs is 2. The van der Waals surface area contributed by atoms with Crippen molar-refractivity contribution >= 4 is 11.9 Å². The van der Waals surface area contributed by atoms with E-state index in [-0.39, 0.29) is 6.10 Å². The fraction of sp³-hybridized carbons (Fsp3) is 0.733. The van der Waals surface area contributed by atoms with Gasteiger partial charge in [0.15, 0.2) is 0 Å². The van der Waals surface area contributed by atoms with Crippen LogP contribution in [0, 0.1) is 17.8 Å². The highest BCUT2D eigenvalue weighted by Crippen LogP contribution is 2.45. The van der Waals surface area contributed by atoms with Gasteiger partial charge in [-0.2, -0.15) is 0 Å². The van der Waals surface area contributed by atoms with E-state index in [9.17, 15) is 9.59 Å². The molecule has 19 heavy (non-hydrogen) atoms. The number of carbonyl (C=O) groups excluding carboxylic acids is 2. The van der Waals surface area contributed by atoms with Gasteiger partial charge in [0.2, 0.25) is 0 Å². The maximum absolute atomic E-state index is 11.6. The van der Waals surface area contributed by atoms with Gasteiger partial charge in [-0.05, 0) is 43.4 Å². The average molecular weight is 266 g/mol. The summed E-state index contributed by atoms with van der Waals surface area (Å²) in [5.74, 6) is 0.647. The minimum Gasteiger partial charge on any atom is -0.462 e. The first-order valence-corrected chi connectivity index (χ1v) is 7.10. The highest BCUT2D eigenvalue weighted by molar-refractivity contribution is 5.91. The van der Waals surface area contributed by atoms with Crippen molar-refractivity contribution in [2.24, 2.45) is 17.8 Å². The second-order valence-electron chi connectivity index (χ2n) is 6.01. The van der Waals surface area contributed by atoms with Gasteiger partial charge in [0.05, 0.1) is 6.61 Å². The third-order valence-electron chi connectivity index (χ3n) is 3.86. The molecule has 106 valence electrons. The van der Waals surface area contributed by atoms with Crippen LogP contribution in [0.1, 0.15) is 39.5 Å². The number of hydrogen-bond donors (Lipinski definition) is 0. The van der Waals surface area contributed by atoms with Crippen LogP contribution in [0.3, 0.4) is 0 Å². The molecule has 3 atom stereocenters. The van der Waals surface area contributed by atoms with Crippen LogP contribution in [0.25, 0.3) is 0 Å². The summed E-state index contributed by atoms with van der Waals surface area (Å²) in [5, 5.41) is 0. The lowest BCUT2D eigenvalue weighted by Gasteiger charge is -2.20. The van der Waals surface area contributed by atoms with Crippen molar-refractivity contribution in [3.05, 3.63) is 12.2 Å². The van der Waals surface area contributed by atoms with Crippen LogP contribution >= 0.6 is 0 Å². The van der Waals surface area contributed by atoms with E-state index in [4.69, 9.17) is 9.47 Å². The summed E-state index contributed by atoms with van der Waals surface area (Å²) in [4.78, 5) is 22.9. The zero-order chi connectivity index (χ0) is 13.8. The van der Waals surface area contributed by atoms with E-state index in [2.05, 4.69) is 0 Å². The lowest BCUT2D eigenvalue weighted by atomic mass is 9.98. The maximum atomic E-state index is 11.6. The molecule has 0 amide bonds. The average Bonchev–Trinajstić information content (AvgIpc) is 2.96. The topological polar surface area (TPSA) is 52.6 Å². The van der Waals surface area contributed by atoms with Crippen molar-refractivity contribution in [1.82, 2.24) is 0 Å². The minimum atomic E-state index is -0.487. The van der Waals surface area contributed by atoms with Crippen LogP contribution in [-0.4, -0.2) is 24.6 Å². The summed E-state index contributed by atoms with van der Waals surface area (Å²) in [6.07, 6.45) is 7.01. The maximum Gasteiger partial charge on any atom is 0.331 e. The van der Waals surface area contributed by atoms with Crippen molar-refractivity contribution in [2.45, 2.75) is 45.6 Å². The van der Waals surface area contributed by atoms with Gasteiger partial charge < -0.3 is 9.47 Å². The molecular weight excluding hydrogens is 244 g/mol. The zero-order valence-electron chi connectivity index (χ0n) is 11.6. The lowest BCUT2D eigenvalue weighted by Crippen LogP contribution is -2.23. The Hall–Kier alpha value is -1.32. The van der Waals surface area contributed by atoms with Crippen molar-refractivity contribution in [3.8, 4) is 0 Å². The summed E-state index contributed by atoms with van der Waals surface area (Å²) >= 11 is 0. The molecule has 2 aliphatic rings. The summed E-state index contributed by atoms with van der Waals surface area (Å²) in [6.45, 7) is 4.28. The molecule has 4 heteroatoms. The molecule has 2 rings (SSSR count). The molecule has 3 unspecified atom stereocenters. The van der Waals surface area contributed by atoms with Crippen LogP contribution < -0.4 is 0 Å². The van der Waals surface area contributed by atoms with Crippen LogP contribution in [0.15, 0.2) is 12.2 Å². The molecule has 0 radical (unpaired) electrons. The van der Waals surface area contributed by atoms with E-state index >= 15 is 0 Å². The number of rotatable bonds is 5. The Bertz CT molecular complexity index is 372. The van der Waals surface area contributed by atoms with Gasteiger partial charge in [-0.15, -0.1) is 0 Å². The summed E-state index contributed by atoms with van der Waals surface area (Å²) in [5.41, 5.74) is 0.